The fourth-order valence-electron chi connectivity index (χ4n) is 2.66. The summed E-state index contributed by atoms with van der Waals surface area (Å²) in [6, 6.07) is 8.96. The van der Waals surface area contributed by atoms with Gasteiger partial charge in [0, 0.05) is 0 Å². The first kappa shape index (κ1) is 16.3. The van der Waals surface area contributed by atoms with E-state index in [1.54, 1.807) is 12.1 Å². The normalized spacial score (nSPS) is 20.2. The summed E-state index contributed by atoms with van der Waals surface area (Å²) < 4.78 is 50.6. The molecule has 0 amide bonds. The summed E-state index contributed by atoms with van der Waals surface area (Å²) in [6.45, 7) is 7.78. The van der Waals surface area contributed by atoms with Crippen LogP contribution in [0.1, 0.15) is 33.3 Å². The van der Waals surface area contributed by atoms with Gasteiger partial charge in [-0.25, -0.2) is 0 Å². The van der Waals surface area contributed by atoms with Gasteiger partial charge in [-0.2, -0.15) is 13.2 Å². The molecule has 122 valence electrons. The Hall–Kier alpha value is -1.53. The lowest BCUT2D eigenvalue weighted by Gasteiger charge is -2.32. The Morgan fingerprint density at radius 2 is 1.52 bits per heavy atom. The standard InChI is InChI=1S/C17H18BF3O2/c1-15(2)16(3,4)23-18(22-15)14-7-5-6-11-10-12(17(19,20)21)8-9-13(11)14/h5-10H,1-4H3. The molecule has 0 aliphatic carbocycles. The molecule has 1 heterocycles. The number of halogens is 3. The summed E-state index contributed by atoms with van der Waals surface area (Å²) in [6.07, 6.45) is -4.35. The maximum atomic E-state index is 12.9. The van der Waals surface area contributed by atoms with Crippen LogP contribution in [0.3, 0.4) is 0 Å². The number of hydrogen-bond acceptors (Lipinski definition) is 2. The maximum Gasteiger partial charge on any atom is 0.495 e. The third-order valence-electron chi connectivity index (χ3n) is 4.75. The maximum absolute atomic E-state index is 12.9. The van der Waals surface area contributed by atoms with Crippen LogP contribution in [-0.4, -0.2) is 18.3 Å². The van der Waals surface area contributed by atoms with E-state index in [9.17, 15) is 13.2 Å². The zero-order valence-electron chi connectivity index (χ0n) is 13.5. The van der Waals surface area contributed by atoms with Gasteiger partial charge in [-0.05, 0) is 56.1 Å². The molecular weight excluding hydrogens is 304 g/mol. The number of hydrogen-bond donors (Lipinski definition) is 0. The van der Waals surface area contributed by atoms with Crippen molar-refractivity contribution in [3.63, 3.8) is 0 Å². The van der Waals surface area contributed by atoms with Gasteiger partial charge >= 0.3 is 13.3 Å². The highest BCUT2D eigenvalue weighted by atomic mass is 19.4. The van der Waals surface area contributed by atoms with Crippen LogP contribution in [0.4, 0.5) is 13.2 Å². The van der Waals surface area contributed by atoms with Crippen molar-refractivity contribution in [2.75, 3.05) is 0 Å². The van der Waals surface area contributed by atoms with E-state index < -0.39 is 30.1 Å². The zero-order valence-corrected chi connectivity index (χ0v) is 13.5. The number of alkyl halides is 3. The molecular formula is C17H18BF3O2. The molecule has 0 saturated carbocycles. The zero-order chi connectivity index (χ0) is 17.0. The Labute approximate surface area is 133 Å². The Morgan fingerprint density at radius 3 is 2.09 bits per heavy atom. The van der Waals surface area contributed by atoms with Gasteiger partial charge in [0.15, 0.2) is 0 Å². The quantitative estimate of drug-likeness (QED) is 0.734. The molecule has 0 N–H and O–H groups in total. The van der Waals surface area contributed by atoms with Crippen LogP contribution in [0.2, 0.25) is 0 Å². The van der Waals surface area contributed by atoms with Gasteiger partial charge in [0.05, 0.1) is 16.8 Å². The van der Waals surface area contributed by atoms with Crippen molar-refractivity contribution in [2.45, 2.75) is 45.1 Å². The van der Waals surface area contributed by atoms with E-state index in [4.69, 9.17) is 9.31 Å². The van der Waals surface area contributed by atoms with Gasteiger partial charge in [-0.1, -0.05) is 24.3 Å². The first-order valence-electron chi connectivity index (χ1n) is 7.47. The van der Waals surface area contributed by atoms with Gasteiger partial charge in [0.2, 0.25) is 0 Å². The highest BCUT2D eigenvalue weighted by molar-refractivity contribution is 6.65. The minimum atomic E-state index is -4.35. The van der Waals surface area contributed by atoms with Gasteiger partial charge in [0.25, 0.3) is 0 Å². The number of fused-ring (bicyclic) bond motifs is 1. The summed E-state index contributed by atoms with van der Waals surface area (Å²) in [4.78, 5) is 0. The Morgan fingerprint density at radius 1 is 0.913 bits per heavy atom. The molecule has 1 aliphatic heterocycles. The fraction of sp³-hybridized carbons (Fsp3) is 0.412. The Kier molecular flexibility index (Phi) is 3.54. The predicted molar refractivity (Wildman–Crippen MR) is 84.7 cm³/mol. The predicted octanol–water partition coefficient (Wildman–Crippen LogP) is 4.16. The monoisotopic (exact) mass is 322 g/mol. The van der Waals surface area contributed by atoms with Crippen LogP contribution < -0.4 is 5.46 Å². The Balaban J connectivity index is 2.07. The largest absolute Gasteiger partial charge is 0.495 e. The smallest absolute Gasteiger partial charge is 0.399 e. The second-order valence-corrected chi connectivity index (χ2v) is 6.87. The third-order valence-corrected chi connectivity index (χ3v) is 4.75. The Bertz CT molecular complexity index is 737. The van der Waals surface area contributed by atoms with Crippen molar-refractivity contribution < 1.29 is 22.5 Å². The van der Waals surface area contributed by atoms with Gasteiger partial charge in [-0.3, -0.25) is 0 Å². The van der Waals surface area contributed by atoms with E-state index in [0.717, 1.165) is 17.6 Å². The second kappa shape index (κ2) is 4.98. The van der Waals surface area contributed by atoms with E-state index in [0.29, 0.717) is 10.8 Å². The van der Waals surface area contributed by atoms with E-state index in [-0.39, 0.29) is 0 Å². The van der Waals surface area contributed by atoms with Crippen molar-refractivity contribution in [1.29, 1.82) is 0 Å². The molecule has 0 unspecified atom stereocenters. The van der Waals surface area contributed by atoms with E-state index in [1.165, 1.54) is 6.07 Å². The van der Waals surface area contributed by atoms with E-state index in [2.05, 4.69) is 0 Å². The summed E-state index contributed by atoms with van der Waals surface area (Å²) in [7, 11) is -0.597. The van der Waals surface area contributed by atoms with Gasteiger partial charge < -0.3 is 9.31 Å². The molecule has 2 nitrogen and oxygen atoms in total. The van der Waals surface area contributed by atoms with E-state index in [1.807, 2.05) is 33.8 Å². The molecule has 0 aromatic heterocycles. The highest BCUT2D eigenvalue weighted by Gasteiger charge is 2.52. The van der Waals surface area contributed by atoms with Crippen molar-refractivity contribution in [1.82, 2.24) is 0 Å². The lowest BCUT2D eigenvalue weighted by Crippen LogP contribution is -2.41. The van der Waals surface area contributed by atoms with Crippen molar-refractivity contribution in [3.05, 3.63) is 42.0 Å². The molecule has 0 spiro atoms. The molecule has 3 rings (SSSR count). The molecule has 2 aromatic carbocycles. The molecule has 6 heteroatoms. The molecule has 1 saturated heterocycles. The molecule has 1 aliphatic rings. The second-order valence-electron chi connectivity index (χ2n) is 6.87. The minimum absolute atomic E-state index is 0.494. The van der Waals surface area contributed by atoms with E-state index >= 15 is 0 Å². The molecule has 2 aromatic rings. The molecule has 23 heavy (non-hydrogen) atoms. The minimum Gasteiger partial charge on any atom is -0.399 e. The topological polar surface area (TPSA) is 18.5 Å². The molecule has 1 fully saturated rings. The summed E-state index contributed by atoms with van der Waals surface area (Å²) in [5.41, 5.74) is -0.900. The van der Waals surface area contributed by atoms with Gasteiger partial charge in [-0.15, -0.1) is 0 Å². The van der Waals surface area contributed by atoms with Crippen LogP contribution in [-0.2, 0) is 15.5 Å². The first-order chi connectivity index (χ1) is 10.5. The van der Waals surface area contributed by atoms with Crippen LogP contribution in [0.25, 0.3) is 10.8 Å². The number of benzene rings is 2. The highest BCUT2D eigenvalue weighted by Crippen LogP contribution is 2.37. The lowest BCUT2D eigenvalue weighted by atomic mass is 9.76. The lowest BCUT2D eigenvalue weighted by molar-refractivity contribution is -0.137. The SMILES string of the molecule is CC1(C)OB(c2cccc3cc(C(F)(F)F)ccc23)OC1(C)C. The van der Waals surface area contributed by atoms with Crippen molar-refractivity contribution >= 4 is 23.4 Å². The average molecular weight is 322 g/mol. The van der Waals surface area contributed by atoms with Crippen LogP contribution >= 0.6 is 0 Å². The van der Waals surface area contributed by atoms with Crippen molar-refractivity contribution in [3.8, 4) is 0 Å². The molecule has 0 atom stereocenters. The average Bonchev–Trinajstić information content (AvgIpc) is 2.65. The third kappa shape index (κ3) is 2.74. The summed E-state index contributed by atoms with van der Waals surface area (Å²) >= 11 is 0. The molecule has 0 radical (unpaired) electrons. The molecule has 0 bridgehead atoms. The first-order valence-corrected chi connectivity index (χ1v) is 7.47. The van der Waals surface area contributed by atoms with Crippen LogP contribution in [0, 0.1) is 0 Å². The summed E-state index contributed by atoms with van der Waals surface area (Å²) in [5.74, 6) is 0. The number of rotatable bonds is 1. The van der Waals surface area contributed by atoms with Crippen LogP contribution in [0.5, 0.6) is 0 Å². The fourth-order valence-corrected chi connectivity index (χ4v) is 2.66. The van der Waals surface area contributed by atoms with Crippen LogP contribution in [0.15, 0.2) is 36.4 Å². The summed E-state index contributed by atoms with van der Waals surface area (Å²) in [5, 5.41) is 1.23. The van der Waals surface area contributed by atoms with Crippen molar-refractivity contribution in [2.24, 2.45) is 0 Å². The van der Waals surface area contributed by atoms with Gasteiger partial charge in [0.1, 0.15) is 0 Å².